The highest BCUT2D eigenvalue weighted by molar-refractivity contribution is 5.88. The van der Waals surface area contributed by atoms with Crippen molar-refractivity contribution in [1.82, 2.24) is 5.16 Å². The minimum atomic E-state index is 0.306. The minimum absolute atomic E-state index is 0.306. The van der Waals surface area contributed by atoms with Gasteiger partial charge in [0.1, 0.15) is 0 Å². The van der Waals surface area contributed by atoms with Crippen LogP contribution >= 0.6 is 0 Å². The van der Waals surface area contributed by atoms with Gasteiger partial charge < -0.3 is 19.4 Å². The first-order valence-electron chi connectivity index (χ1n) is 8.55. The summed E-state index contributed by atoms with van der Waals surface area (Å²) in [6.07, 6.45) is 0. The fourth-order valence-corrected chi connectivity index (χ4v) is 3.23. The largest absolute Gasteiger partial charge is 0.493 e. The van der Waals surface area contributed by atoms with E-state index in [4.69, 9.17) is 18.8 Å². The van der Waals surface area contributed by atoms with Gasteiger partial charge in [-0.3, -0.25) is 4.63 Å². The number of hydrogen-bond donors (Lipinski definition) is 0. The number of aromatic nitrogens is 2. The monoisotopic (exact) mass is 378 g/mol. The molecule has 142 valence electrons. The lowest BCUT2D eigenvalue weighted by Crippen LogP contribution is -2.25. The summed E-state index contributed by atoms with van der Waals surface area (Å²) in [7, 11) is 4.59. The third-order valence-electron chi connectivity index (χ3n) is 4.57. The first-order chi connectivity index (χ1) is 13.7. The number of nitrogens with zero attached hydrogens (tertiary/aromatic N) is 2. The Morgan fingerprint density at radius 3 is 2.14 bits per heavy atom. The molecule has 0 aliphatic carbocycles. The molecular weight excluding hydrogens is 360 g/mol. The number of methoxy groups -OCH3 is 3. The van der Waals surface area contributed by atoms with Crippen LogP contribution in [0.2, 0.25) is 0 Å². The highest BCUT2D eigenvalue weighted by Gasteiger charge is 2.26. The van der Waals surface area contributed by atoms with E-state index in [2.05, 4.69) is 5.16 Å². The molecule has 0 atom stereocenters. The van der Waals surface area contributed by atoms with Crippen LogP contribution in [-0.4, -0.2) is 26.5 Å². The van der Waals surface area contributed by atoms with Gasteiger partial charge in [0.15, 0.2) is 11.5 Å². The van der Waals surface area contributed by atoms with E-state index in [0.717, 1.165) is 10.8 Å². The van der Waals surface area contributed by atoms with E-state index in [1.165, 1.54) is 21.3 Å². The summed E-state index contributed by atoms with van der Waals surface area (Å²) >= 11 is 0. The SMILES string of the molecule is COc1cc(-c2no[n+]([O-])c2-c2ccc3ccccc3c2)cc(OC)c1OC. The van der Waals surface area contributed by atoms with Crippen molar-refractivity contribution in [2.75, 3.05) is 21.3 Å². The topological polar surface area (TPSA) is 80.7 Å². The zero-order valence-corrected chi connectivity index (χ0v) is 15.6. The number of rotatable bonds is 5. The van der Waals surface area contributed by atoms with Crippen LogP contribution in [0.15, 0.2) is 59.2 Å². The molecule has 0 saturated heterocycles. The van der Waals surface area contributed by atoms with Crippen molar-refractivity contribution in [1.29, 1.82) is 0 Å². The van der Waals surface area contributed by atoms with Crippen molar-refractivity contribution in [3.63, 3.8) is 0 Å². The average Bonchev–Trinajstić information content (AvgIpc) is 3.13. The lowest BCUT2D eigenvalue weighted by molar-refractivity contribution is -0.793. The van der Waals surface area contributed by atoms with Gasteiger partial charge in [-0.25, -0.2) is 0 Å². The van der Waals surface area contributed by atoms with E-state index >= 15 is 0 Å². The Kier molecular flexibility index (Phi) is 4.49. The minimum Gasteiger partial charge on any atom is -0.493 e. The van der Waals surface area contributed by atoms with Crippen LogP contribution < -0.4 is 19.1 Å². The maximum Gasteiger partial charge on any atom is 0.256 e. The van der Waals surface area contributed by atoms with E-state index in [9.17, 15) is 5.21 Å². The smallest absolute Gasteiger partial charge is 0.256 e. The van der Waals surface area contributed by atoms with Crippen LogP contribution in [-0.2, 0) is 0 Å². The molecule has 4 aromatic rings. The van der Waals surface area contributed by atoms with Crippen molar-refractivity contribution in [2.24, 2.45) is 0 Å². The van der Waals surface area contributed by atoms with Crippen molar-refractivity contribution < 1.29 is 23.7 Å². The maximum absolute atomic E-state index is 12.4. The lowest BCUT2D eigenvalue weighted by Gasteiger charge is -2.12. The fraction of sp³-hybridized carbons (Fsp3) is 0.143. The molecule has 0 bridgehead atoms. The molecule has 1 aromatic heterocycles. The van der Waals surface area contributed by atoms with Crippen molar-refractivity contribution in [3.05, 3.63) is 59.8 Å². The Bertz CT molecular complexity index is 1130. The second-order valence-corrected chi connectivity index (χ2v) is 6.10. The Balaban J connectivity index is 1.91. The van der Waals surface area contributed by atoms with Crippen LogP contribution in [0.25, 0.3) is 33.3 Å². The molecule has 0 radical (unpaired) electrons. The van der Waals surface area contributed by atoms with Crippen molar-refractivity contribution in [3.8, 4) is 39.8 Å². The van der Waals surface area contributed by atoms with E-state index < -0.39 is 0 Å². The van der Waals surface area contributed by atoms with Gasteiger partial charge in [-0.2, -0.15) is 0 Å². The summed E-state index contributed by atoms with van der Waals surface area (Å²) in [4.78, 5) is 0.405. The first-order valence-corrected chi connectivity index (χ1v) is 8.55. The number of ether oxygens (including phenoxy) is 3. The van der Waals surface area contributed by atoms with Gasteiger partial charge in [-0.15, -0.1) is 0 Å². The molecule has 0 saturated carbocycles. The highest BCUT2D eigenvalue weighted by atomic mass is 16.8. The van der Waals surface area contributed by atoms with Gasteiger partial charge in [-0.05, 0) is 39.9 Å². The number of fused-ring (bicyclic) bond motifs is 1. The second kappa shape index (κ2) is 7.11. The van der Waals surface area contributed by atoms with Crippen LogP contribution in [0.3, 0.4) is 0 Å². The predicted octanol–water partition coefficient (Wildman–Crippen LogP) is 3.82. The molecule has 1 heterocycles. The lowest BCUT2D eigenvalue weighted by atomic mass is 10.0. The average molecular weight is 378 g/mol. The van der Waals surface area contributed by atoms with Gasteiger partial charge in [0.25, 0.3) is 5.69 Å². The summed E-state index contributed by atoms with van der Waals surface area (Å²) in [5.41, 5.74) is 1.99. The molecule has 4 rings (SSSR count). The van der Waals surface area contributed by atoms with Crippen LogP contribution in [0, 0.1) is 5.21 Å². The van der Waals surface area contributed by atoms with Crippen molar-refractivity contribution in [2.45, 2.75) is 0 Å². The summed E-state index contributed by atoms with van der Waals surface area (Å²) in [5.74, 6) is 1.38. The molecule has 0 N–H and O–H groups in total. The molecule has 0 spiro atoms. The molecule has 7 nitrogen and oxygen atoms in total. The van der Waals surface area contributed by atoms with Gasteiger partial charge >= 0.3 is 0 Å². The summed E-state index contributed by atoms with van der Waals surface area (Å²) in [6, 6.07) is 17.1. The number of hydrogen-bond acceptors (Lipinski definition) is 6. The van der Waals surface area contributed by atoms with E-state index in [1.807, 2.05) is 42.5 Å². The zero-order valence-electron chi connectivity index (χ0n) is 15.6. The van der Waals surface area contributed by atoms with E-state index in [1.54, 1.807) is 12.1 Å². The summed E-state index contributed by atoms with van der Waals surface area (Å²) < 4.78 is 21.1. The summed E-state index contributed by atoms with van der Waals surface area (Å²) in [6.45, 7) is 0. The molecule has 0 aliphatic heterocycles. The molecule has 7 heteroatoms. The first kappa shape index (κ1) is 17.7. The third kappa shape index (κ3) is 2.87. The molecule has 0 fully saturated rings. The predicted molar refractivity (Wildman–Crippen MR) is 103 cm³/mol. The Morgan fingerprint density at radius 2 is 1.50 bits per heavy atom. The maximum atomic E-state index is 12.4. The molecule has 0 unspecified atom stereocenters. The Labute approximate surface area is 161 Å². The van der Waals surface area contributed by atoms with Gasteiger partial charge in [-0.1, -0.05) is 30.3 Å². The van der Waals surface area contributed by atoms with Crippen LogP contribution in [0.5, 0.6) is 17.2 Å². The molecular formula is C21H18N2O5. The second-order valence-electron chi connectivity index (χ2n) is 6.10. The highest BCUT2D eigenvalue weighted by Crippen LogP contribution is 2.42. The normalized spacial score (nSPS) is 10.8. The van der Waals surface area contributed by atoms with E-state index in [0.29, 0.717) is 44.7 Å². The Morgan fingerprint density at radius 1 is 0.821 bits per heavy atom. The zero-order chi connectivity index (χ0) is 19.7. The standard InChI is InChI=1S/C21H18N2O5/c1-25-17-11-16(12-18(26-2)21(17)27-3)19-20(23(24)28-22-19)15-9-8-13-6-4-5-7-14(13)10-15/h4-12H,1-3H3. The van der Waals surface area contributed by atoms with Gasteiger partial charge in [0.2, 0.25) is 11.4 Å². The van der Waals surface area contributed by atoms with Crippen LogP contribution in [0.1, 0.15) is 0 Å². The van der Waals surface area contributed by atoms with Crippen molar-refractivity contribution >= 4 is 10.8 Å². The van der Waals surface area contributed by atoms with Gasteiger partial charge in [0, 0.05) is 16.3 Å². The molecule has 0 amide bonds. The molecule has 28 heavy (non-hydrogen) atoms. The third-order valence-corrected chi connectivity index (χ3v) is 4.57. The quantitative estimate of drug-likeness (QED) is 0.491. The van der Waals surface area contributed by atoms with Gasteiger partial charge in [0.05, 0.1) is 21.3 Å². The summed E-state index contributed by atoms with van der Waals surface area (Å²) in [5, 5.41) is 18.4. The fourth-order valence-electron chi connectivity index (χ4n) is 3.23. The van der Waals surface area contributed by atoms with E-state index in [-0.39, 0.29) is 0 Å². The molecule has 3 aromatic carbocycles. The van der Waals surface area contributed by atoms with Crippen LogP contribution in [0.4, 0.5) is 0 Å². The number of benzene rings is 3. The molecule has 0 aliphatic rings. The Hall–Kier alpha value is -3.74.